The summed E-state index contributed by atoms with van der Waals surface area (Å²) in [5.41, 5.74) is 0. The minimum atomic E-state index is 0.527. The van der Waals surface area contributed by atoms with E-state index in [0.29, 0.717) is 6.04 Å². The first-order chi connectivity index (χ1) is 8.75. The molecule has 102 valence electrons. The number of rotatable bonds is 6. The maximum absolute atomic E-state index is 5.40. The normalized spacial score (nSPS) is 19.3. The Bertz CT molecular complexity index is 320. The van der Waals surface area contributed by atoms with Crippen LogP contribution in [0.25, 0.3) is 0 Å². The molecule has 0 aliphatic carbocycles. The van der Waals surface area contributed by atoms with Crippen LogP contribution in [0, 0.1) is 0 Å². The van der Waals surface area contributed by atoms with Gasteiger partial charge in [-0.25, -0.2) is 0 Å². The monoisotopic (exact) mass is 251 g/mol. The van der Waals surface area contributed by atoms with Crippen LogP contribution < -0.4 is 5.32 Å². The first kappa shape index (κ1) is 13.6. The Morgan fingerprint density at radius 3 is 2.89 bits per heavy atom. The van der Waals surface area contributed by atoms with E-state index in [1.807, 2.05) is 6.07 Å². The van der Waals surface area contributed by atoms with Gasteiger partial charge >= 0.3 is 0 Å². The van der Waals surface area contributed by atoms with Gasteiger partial charge in [-0.3, -0.25) is 4.90 Å². The first-order valence-electron chi connectivity index (χ1n) is 6.91. The van der Waals surface area contributed by atoms with Crippen LogP contribution in [-0.4, -0.2) is 62.2 Å². The average Bonchev–Trinajstić information content (AvgIpc) is 2.90. The van der Waals surface area contributed by atoms with E-state index in [9.17, 15) is 0 Å². The van der Waals surface area contributed by atoms with Gasteiger partial charge in [-0.05, 0) is 26.1 Å². The second-order valence-electron chi connectivity index (χ2n) is 5.20. The van der Waals surface area contributed by atoms with Gasteiger partial charge in [-0.2, -0.15) is 0 Å². The summed E-state index contributed by atoms with van der Waals surface area (Å²) in [4.78, 5) is 4.96. The van der Waals surface area contributed by atoms with Crippen molar-refractivity contribution in [2.24, 2.45) is 0 Å². The zero-order chi connectivity index (χ0) is 12.8. The van der Waals surface area contributed by atoms with Crippen LogP contribution in [0.15, 0.2) is 22.8 Å². The van der Waals surface area contributed by atoms with E-state index in [1.165, 1.54) is 19.6 Å². The maximum atomic E-state index is 5.40. The summed E-state index contributed by atoms with van der Waals surface area (Å²) in [5, 5.41) is 3.39. The molecule has 1 atom stereocenters. The molecular formula is C14H25N3O. The Morgan fingerprint density at radius 2 is 2.22 bits per heavy atom. The van der Waals surface area contributed by atoms with Crippen molar-refractivity contribution in [2.75, 3.05) is 46.3 Å². The third-order valence-electron chi connectivity index (χ3n) is 3.81. The molecule has 1 aromatic rings. The van der Waals surface area contributed by atoms with E-state index in [0.717, 1.165) is 31.8 Å². The minimum absolute atomic E-state index is 0.527. The molecule has 18 heavy (non-hydrogen) atoms. The van der Waals surface area contributed by atoms with Crippen molar-refractivity contribution in [1.29, 1.82) is 0 Å². The van der Waals surface area contributed by atoms with Crippen molar-refractivity contribution in [1.82, 2.24) is 15.1 Å². The zero-order valence-corrected chi connectivity index (χ0v) is 11.6. The SMILES string of the molecule is CC(Cc1ccco1)N(C)CCN1CCNCC1. The third-order valence-corrected chi connectivity index (χ3v) is 3.81. The molecule has 0 amide bonds. The summed E-state index contributed by atoms with van der Waals surface area (Å²) in [6.07, 6.45) is 2.74. The molecule has 1 aliphatic heterocycles. The van der Waals surface area contributed by atoms with Crippen molar-refractivity contribution < 1.29 is 4.42 Å². The van der Waals surface area contributed by atoms with E-state index in [4.69, 9.17) is 4.42 Å². The highest BCUT2D eigenvalue weighted by atomic mass is 16.3. The fourth-order valence-corrected chi connectivity index (χ4v) is 2.33. The van der Waals surface area contributed by atoms with Gasteiger partial charge in [0, 0.05) is 51.7 Å². The topological polar surface area (TPSA) is 31.7 Å². The molecule has 1 fully saturated rings. The van der Waals surface area contributed by atoms with Crippen LogP contribution >= 0.6 is 0 Å². The number of nitrogens with zero attached hydrogens (tertiary/aromatic N) is 2. The van der Waals surface area contributed by atoms with Crippen LogP contribution in [0.1, 0.15) is 12.7 Å². The number of likely N-dealkylation sites (N-methyl/N-ethyl adjacent to an activating group) is 1. The lowest BCUT2D eigenvalue weighted by molar-refractivity contribution is 0.179. The van der Waals surface area contributed by atoms with E-state index in [1.54, 1.807) is 6.26 Å². The molecule has 1 N–H and O–H groups in total. The number of hydrogen-bond acceptors (Lipinski definition) is 4. The molecule has 0 spiro atoms. The second kappa shape index (κ2) is 6.92. The Balaban J connectivity index is 1.68. The lowest BCUT2D eigenvalue weighted by atomic mass is 10.2. The molecule has 4 nitrogen and oxygen atoms in total. The summed E-state index contributed by atoms with van der Waals surface area (Å²) in [6, 6.07) is 4.54. The first-order valence-corrected chi connectivity index (χ1v) is 6.91. The maximum Gasteiger partial charge on any atom is 0.105 e. The van der Waals surface area contributed by atoms with Gasteiger partial charge in [-0.1, -0.05) is 0 Å². The molecule has 1 saturated heterocycles. The van der Waals surface area contributed by atoms with E-state index in [-0.39, 0.29) is 0 Å². The van der Waals surface area contributed by atoms with Crippen LogP contribution in [0.3, 0.4) is 0 Å². The van der Waals surface area contributed by atoms with E-state index < -0.39 is 0 Å². The summed E-state index contributed by atoms with van der Waals surface area (Å²) < 4.78 is 5.40. The van der Waals surface area contributed by atoms with Crippen LogP contribution in [0.5, 0.6) is 0 Å². The summed E-state index contributed by atoms with van der Waals surface area (Å²) in [6.45, 7) is 9.18. The highest BCUT2D eigenvalue weighted by Gasteiger charge is 2.14. The smallest absolute Gasteiger partial charge is 0.105 e. The van der Waals surface area contributed by atoms with Crippen LogP contribution in [0.2, 0.25) is 0 Å². The van der Waals surface area contributed by atoms with E-state index in [2.05, 4.69) is 35.2 Å². The van der Waals surface area contributed by atoms with Gasteiger partial charge in [-0.15, -0.1) is 0 Å². The molecule has 0 bridgehead atoms. The fourth-order valence-electron chi connectivity index (χ4n) is 2.33. The molecule has 4 heteroatoms. The molecule has 1 unspecified atom stereocenters. The second-order valence-corrected chi connectivity index (χ2v) is 5.20. The number of furan rings is 1. The minimum Gasteiger partial charge on any atom is -0.469 e. The Hall–Kier alpha value is -0.840. The lowest BCUT2D eigenvalue weighted by Crippen LogP contribution is -2.46. The summed E-state index contributed by atoms with van der Waals surface area (Å²) in [5.74, 6) is 1.08. The molecule has 0 saturated carbocycles. The number of nitrogens with one attached hydrogen (secondary N) is 1. The largest absolute Gasteiger partial charge is 0.469 e. The Labute approximate surface area is 110 Å². The van der Waals surface area contributed by atoms with Crippen molar-refractivity contribution in [3.63, 3.8) is 0 Å². The van der Waals surface area contributed by atoms with Gasteiger partial charge in [0.2, 0.25) is 0 Å². The number of hydrogen-bond donors (Lipinski definition) is 1. The highest BCUT2D eigenvalue weighted by Crippen LogP contribution is 2.08. The van der Waals surface area contributed by atoms with Crippen molar-refractivity contribution in [3.8, 4) is 0 Å². The molecule has 1 aliphatic rings. The molecular weight excluding hydrogens is 226 g/mol. The molecule has 2 rings (SSSR count). The number of piperazine rings is 1. The van der Waals surface area contributed by atoms with Crippen molar-refractivity contribution >= 4 is 0 Å². The Morgan fingerprint density at radius 1 is 1.44 bits per heavy atom. The predicted octanol–water partition coefficient (Wildman–Crippen LogP) is 1.05. The molecule has 2 heterocycles. The van der Waals surface area contributed by atoms with Gasteiger partial charge in [0.15, 0.2) is 0 Å². The van der Waals surface area contributed by atoms with Crippen molar-refractivity contribution in [3.05, 3.63) is 24.2 Å². The summed E-state index contributed by atoms with van der Waals surface area (Å²) >= 11 is 0. The molecule has 1 aromatic heterocycles. The summed E-state index contributed by atoms with van der Waals surface area (Å²) in [7, 11) is 2.20. The zero-order valence-electron chi connectivity index (χ0n) is 11.6. The molecule has 0 radical (unpaired) electrons. The van der Waals surface area contributed by atoms with E-state index >= 15 is 0 Å². The standard InChI is InChI=1S/C14H25N3O/c1-13(12-14-4-3-11-18-14)16(2)9-10-17-7-5-15-6-8-17/h3-4,11,13,15H,5-10,12H2,1-2H3. The molecule has 0 aromatic carbocycles. The van der Waals surface area contributed by atoms with Gasteiger partial charge < -0.3 is 14.6 Å². The predicted molar refractivity (Wildman–Crippen MR) is 73.8 cm³/mol. The third kappa shape index (κ3) is 4.12. The highest BCUT2D eigenvalue weighted by molar-refractivity contribution is 5.00. The van der Waals surface area contributed by atoms with Gasteiger partial charge in [0.1, 0.15) is 5.76 Å². The fraction of sp³-hybridized carbons (Fsp3) is 0.714. The van der Waals surface area contributed by atoms with Crippen LogP contribution in [-0.2, 0) is 6.42 Å². The van der Waals surface area contributed by atoms with Gasteiger partial charge in [0.05, 0.1) is 6.26 Å². The van der Waals surface area contributed by atoms with Crippen LogP contribution in [0.4, 0.5) is 0 Å². The van der Waals surface area contributed by atoms with Gasteiger partial charge in [0.25, 0.3) is 0 Å². The van der Waals surface area contributed by atoms with Crippen molar-refractivity contribution in [2.45, 2.75) is 19.4 Å². The quantitative estimate of drug-likeness (QED) is 0.819. The average molecular weight is 251 g/mol. The lowest BCUT2D eigenvalue weighted by Gasteiger charge is -2.31. The Kier molecular flexibility index (Phi) is 5.23.